The number of aryl methyl sites for hydroxylation is 1. The largest absolute Gasteiger partial charge is 0.478 e. The van der Waals surface area contributed by atoms with Crippen LogP contribution in [0.15, 0.2) is 34.9 Å². The van der Waals surface area contributed by atoms with Crippen LogP contribution in [0.25, 0.3) is 0 Å². The zero-order valence-electron chi connectivity index (χ0n) is 10.6. The highest BCUT2D eigenvalue weighted by Crippen LogP contribution is 2.15. The van der Waals surface area contributed by atoms with E-state index in [1.165, 1.54) is 6.07 Å². The van der Waals surface area contributed by atoms with Gasteiger partial charge in [-0.3, -0.25) is 4.98 Å². The van der Waals surface area contributed by atoms with E-state index in [0.717, 1.165) is 5.69 Å². The van der Waals surface area contributed by atoms with Crippen molar-refractivity contribution in [3.05, 3.63) is 53.2 Å². The van der Waals surface area contributed by atoms with Crippen molar-refractivity contribution >= 4 is 5.97 Å². The number of ether oxygens (including phenoxy) is 1. The molecule has 2 heterocycles. The van der Waals surface area contributed by atoms with Gasteiger partial charge >= 0.3 is 5.97 Å². The number of pyridine rings is 1. The summed E-state index contributed by atoms with van der Waals surface area (Å²) >= 11 is 0. The maximum absolute atomic E-state index is 10.8. The van der Waals surface area contributed by atoms with Crippen LogP contribution in [0.4, 0.5) is 0 Å². The Balaban J connectivity index is 1.80. The Bertz CT molecular complexity index is 548. The minimum atomic E-state index is -0.985. The van der Waals surface area contributed by atoms with E-state index in [-0.39, 0.29) is 12.2 Å². The summed E-state index contributed by atoms with van der Waals surface area (Å²) < 4.78 is 10.8. The minimum Gasteiger partial charge on any atom is -0.478 e. The fourth-order valence-electron chi connectivity index (χ4n) is 1.72. The summed E-state index contributed by atoms with van der Waals surface area (Å²) in [5.74, 6) is -0.0623. The first-order valence-electron chi connectivity index (χ1n) is 5.97. The van der Waals surface area contributed by atoms with Crippen molar-refractivity contribution in [2.45, 2.75) is 20.0 Å². The number of carboxylic acids is 1. The van der Waals surface area contributed by atoms with Gasteiger partial charge in [-0.2, -0.15) is 0 Å². The first-order valence-corrected chi connectivity index (χ1v) is 5.97. The molecule has 5 heteroatoms. The molecule has 0 aliphatic carbocycles. The van der Waals surface area contributed by atoms with Gasteiger partial charge in [0.25, 0.3) is 0 Å². The molecule has 0 saturated heterocycles. The number of carbonyl (C=O) groups is 1. The third-order valence-electron chi connectivity index (χ3n) is 2.67. The van der Waals surface area contributed by atoms with E-state index in [4.69, 9.17) is 14.3 Å². The molecule has 0 aliphatic heterocycles. The predicted octanol–water partition coefficient (Wildman–Crippen LogP) is 2.44. The Hall–Kier alpha value is -2.14. The van der Waals surface area contributed by atoms with Crippen molar-refractivity contribution in [3.63, 3.8) is 0 Å². The van der Waals surface area contributed by atoms with Crippen molar-refractivity contribution in [1.82, 2.24) is 4.98 Å². The standard InChI is InChI=1S/C14H15NO4/c1-10-13(14(16)17)8-12(19-10)9-18-7-5-11-4-2-3-6-15-11/h2-4,6,8H,5,7,9H2,1H3,(H,16,17). The summed E-state index contributed by atoms with van der Waals surface area (Å²) in [6, 6.07) is 7.22. The highest BCUT2D eigenvalue weighted by molar-refractivity contribution is 5.88. The Morgan fingerprint density at radius 3 is 2.95 bits per heavy atom. The average Bonchev–Trinajstić information content (AvgIpc) is 2.77. The first kappa shape index (κ1) is 13.3. The highest BCUT2D eigenvalue weighted by Gasteiger charge is 2.13. The molecule has 100 valence electrons. The van der Waals surface area contributed by atoms with Gasteiger partial charge in [0.2, 0.25) is 0 Å². The molecule has 0 spiro atoms. The van der Waals surface area contributed by atoms with E-state index in [9.17, 15) is 4.79 Å². The molecular weight excluding hydrogens is 246 g/mol. The van der Waals surface area contributed by atoms with Crippen molar-refractivity contribution in [2.24, 2.45) is 0 Å². The number of rotatable bonds is 6. The molecule has 0 saturated carbocycles. The Kier molecular flexibility index (Phi) is 4.30. The maximum atomic E-state index is 10.8. The lowest BCUT2D eigenvalue weighted by molar-refractivity contribution is 0.0695. The number of nitrogens with zero attached hydrogens (tertiary/aromatic N) is 1. The van der Waals surface area contributed by atoms with Crippen LogP contribution in [-0.2, 0) is 17.8 Å². The zero-order valence-corrected chi connectivity index (χ0v) is 10.6. The number of hydrogen-bond donors (Lipinski definition) is 1. The molecule has 2 aromatic heterocycles. The quantitative estimate of drug-likeness (QED) is 0.808. The lowest BCUT2D eigenvalue weighted by Crippen LogP contribution is -2.00. The molecular formula is C14H15NO4. The lowest BCUT2D eigenvalue weighted by Gasteiger charge is -2.01. The van der Waals surface area contributed by atoms with Gasteiger partial charge in [0.1, 0.15) is 23.7 Å². The lowest BCUT2D eigenvalue weighted by atomic mass is 10.2. The highest BCUT2D eigenvalue weighted by atomic mass is 16.5. The van der Waals surface area contributed by atoms with Crippen molar-refractivity contribution in [1.29, 1.82) is 0 Å². The van der Waals surface area contributed by atoms with Gasteiger partial charge in [0, 0.05) is 18.3 Å². The molecule has 5 nitrogen and oxygen atoms in total. The minimum absolute atomic E-state index is 0.184. The smallest absolute Gasteiger partial charge is 0.339 e. The third kappa shape index (κ3) is 3.66. The predicted molar refractivity (Wildman–Crippen MR) is 68.0 cm³/mol. The third-order valence-corrected chi connectivity index (χ3v) is 2.67. The van der Waals surface area contributed by atoms with Crippen molar-refractivity contribution in [2.75, 3.05) is 6.61 Å². The van der Waals surface area contributed by atoms with Crippen LogP contribution in [0.2, 0.25) is 0 Å². The molecule has 2 aromatic rings. The maximum Gasteiger partial charge on any atom is 0.339 e. The molecule has 0 amide bonds. The van der Waals surface area contributed by atoms with E-state index < -0.39 is 5.97 Å². The molecule has 0 aromatic carbocycles. The van der Waals surface area contributed by atoms with E-state index in [2.05, 4.69) is 4.98 Å². The topological polar surface area (TPSA) is 72.6 Å². The Morgan fingerprint density at radius 1 is 1.47 bits per heavy atom. The zero-order chi connectivity index (χ0) is 13.7. The van der Waals surface area contributed by atoms with E-state index in [1.54, 1.807) is 13.1 Å². The number of aromatic nitrogens is 1. The second-order valence-corrected chi connectivity index (χ2v) is 4.11. The van der Waals surface area contributed by atoms with Gasteiger partial charge in [-0.1, -0.05) is 6.07 Å². The molecule has 1 N–H and O–H groups in total. The van der Waals surface area contributed by atoms with Crippen molar-refractivity contribution in [3.8, 4) is 0 Å². The summed E-state index contributed by atoms with van der Waals surface area (Å²) in [6.45, 7) is 2.40. The number of hydrogen-bond acceptors (Lipinski definition) is 4. The van der Waals surface area contributed by atoms with Gasteiger partial charge in [-0.05, 0) is 25.1 Å². The van der Waals surface area contributed by atoms with Crippen LogP contribution >= 0.6 is 0 Å². The van der Waals surface area contributed by atoms with Gasteiger partial charge in [-0.15, -0.1) is 0 Å². The summed E-state index contributed by atoms with van der Waals surface area (Å²) in [4.78, 5) is 15.0. The van der Waals surface area contributed by atoms with Crippen LogP contribution in [0.3, 0.4) is 0 Å². The Labute approximate surface area is 110 Å². The van der Waals surface area contributed by atoms with Crippen LogP contribution in [0, 0.1) is 6.92 Å². The van der Waals surface area contributed by atoms with Crippen LogP contribution in [-0.4, -0.2) is 22.7 Å². The van der Waals surface area contributed by atoms with Crippen LogP contribution in [0.1, 0.15) is 27.6 Å². The number of carboxylic acid groups (broad SMARTS) is 1. The number of aromatic carboxylic acids is 1. The summed E-state index contributed by atoms with van der Waals surface area (Å²) in [5, 5.41) is 8.89. The fourth-order valence-corrected chi connectivity index (χ4v) is 1.72. The normalized spacial score (nSPS) is 10.6. The molecule has 2 rings (SSSR count). The molecule has 0 radical (unpaired) electrons. The van der Waals surface area contributed by atoms with Gasteiger partial charge in [0.15, 0.2) is 0 Å². The number of furan rings is 1. The van der Waals surface area contributed by atoms with Gasteiger partial charge in [0.05, 0.1) is 6.61 Å². The average molecular weight is 261 g/mol. The summed E-state index contributed by atoms with van der Waals surface area (Å²) in [7, 11) is 0. The molecule has 0 fully saturated rings. The molecule has 19 heavy (non-hydrogen) atoms. The second-order valence-electron chi connectivity index (χ2n) is 4.11. The molecule has 0 atom stereocenters. The second kappa shape index (κ2) is 6.15. The Morgan fingerprint density at radius 2 is 2.32 bits per heavy atom. The summed E-state index contributed by atoms with van der Waals surface area (Å²) in [6.07, 6.45) is 2.46. The monoisotopic (exact) mass is 261 g/mol. The van der Waals surface area contributed by atoms with Gasteiger partial charge in [-0.25, -0.2) is 4.79 Å². The van der Waals surface area contributed by atoms with Crippen LogP contribution < -0.4 is 0 Å². The van der Waals surface area contributed by atoms with Gasteiger partial charge < -0.3 is 14.3 Å². The fraction of sp³-hybridized carbons (Fsp3) is 0.286. The van der Waals surface area contributed by atoms with Crippen LogP contribution in [0.5, 0.6) is 0 Å². The van der Waals surface area contributed by atoms with Crippen molar-refractivity contribution < 1.29 is 19.1 Å². The van der Waals surface area contributed by atoms with E-state index >= 15 is 0 Å². The van der Waals surface area contributed by atoms with E-state index in [0.29, 0.717) is 24.5 Å². The molecule has 0 aliphatic rings. The van der Waals surface area contributed by atoms with E-state index in [1.807, 2.05) is 18.2 Å². The summed E-state index contributed by atoms with van der Waals surface area (Å²) in [5.41, 5.74) is 1.15. The molecule has 0 unspecified atom stereocenters. The first-order chi connectivity index (χ1) is 9.16. The molecule has 0 bridgehead atoms. The SMILES string of the molecule is Cc1oc(COCCc2ccccn2)cc1C(=O)O.